The van der Waals surface area contributed by atoms with Gasteiger partial charge in [-0.3, -0.25) is 9.59 Å². The predicted octanol–water partition coefficient (Wildman–Crippen LogP) is 1.94. The van der Waals surface area contributed by atoms with E-state index in [-0.39, 0.29) is 12.2 Å². The lowest BCUT2D eigenvalue weighted by atomic mass is 9.44. The normalized spacial score (nSPS) is 49.1. The zero-order chi connectivity index (χ0) is 23.0. The van der Waals surface area contributed by atoms with Gasteiger partial charge >= 0.3 is 8.25 Å². The predicted molar refractivity (Wildman–Crippen MR) is 106 cm³/mol. The zero-order valence-electron chi connectivity index (χ0n) is 17.8. The summed E-state index contributed by atoms with van der Waals surface area (Å²) in [5.74, 6) is -2.71. The second kappa shape index (κ2) is 7.09. The van der Waals surface area contributed by atoms with Crippen LogP contribution in [-0.4, -0.2) is 45.8 Å². The van der Waals surface area contributed by atoms with Crippen LogP contribution >= 0.6 is 8.25 Å². The van der Waals surface area contributed by atoms with Crippen molar-refractivity contribution in [2.45, 2.75) is 63.8 Å². The van der Waals surface area contributed by atoms with E-state index in [1.54, 1.807) is 20.8 Å². The van der Waals surface area contributed by atoms with Crippen molar-refractivity contribution in [3.63, 3.8) is 0 Å². The van der Waals surface area contributed by atoms with Gasteiger partial charge in [-0.05, 0) is 61.2 Å². The van der Waals surface area contributed by atoms with Crippen molar-refractivity contribution < 1.29 is 38.2 Å². The van der Waals surface area contributed by atoms with Crippen LogP contribution in [0.1, 0.15) is 46.5 Å². The van der Waals surface area contributed by atoms with Crippen molar-refractivity contribution >= 4 is 19.8 Å². The molecule has 0 saturated heterocycles. The van der Waals surface area contributed by atoms with Crippen LogP contribution in [0.2, 0.25) is 0 Å². The van der Waals surface area contributed by atoms with Crippen molar-refractivity contribution in [1.29, 1.82) is 0 Å². The van der Waals surface area contributed by atoms with E-state index in [1.165, 1.54) is 18.2 Å². The number of fused-ring (bicyclic) bond motifs is 5. The van der Waals surface area contributed by atoms with E-state index in [4.69, 9.17) is 4.52 Å². The van der Waals surface area contributed by atoms with E-state index in [0.29, 0.717) is 24.8 Å². The van der Waals surface area contributed by atoms with Crippen LogP contribution in [0.3, 0.4) is 0 Å². The smallest absolute Gasteiger partial charge is 0.489 e. The summed E-state index contributed by atoms with van der Waals surface area (Å²) in [5.41, 5.74) is -5.67. The van der Waals surface area contributed by atoms with Crippen LogP contribution in [0.4, 0.5) is 4.39 Å². The Hall–Kier alpha value is -1.31. The van der Waals surface area contributed by atoms with Gasteiger partial charge in [0.15, 0.2) is 22.8 Å². The van der Waals surface area contributed by atoms with Crippen molar-refractivity contribution in [2.75, 3.05) is 6.61 Å². The van der Waals surface area contributed by atoms with E-state index < -0.39 is 66.6 Å². The number of Topliss-reactive ketones (excluding diaryl/α,β-unsaturated/α-hetero) is 1. The van der Waals surface area contributed by atoms with Gasteiger partial charge < -0.3 is 15.1 Å². The Morgan fingerprint density at radius 3 is 2.68 bits per heavy atom. The lowest BCUT2D eigenvalue weighted by Gasteiger charge is -2.62. The summed E-state index contributed by atoms with van der Waals surface area (Å²) in [6.07, 6.45) is 3.74. The van der Waals surface area contributed by atoms with Crippen molar-refractivity contribution in [1.82, 2.24) is 0 Å². The topological polar surface area (TPSA) is 124 Å². The summed E-state index contributed by atoms with van der Waals surface area (Å²) < 4.78 is 34.0. The van der Waals surface area contributed by atoms with Gasteiger partial charge in [0, 0.05) is 16.7 Å². The fourth-order valence-corrected chi connectivity index (χ4v) is 8.33. The average molecular weight is 454 g/mol. The van der Waals surface area contributed by atoms with Gasteiger partial charge in [-0.2, -0.15) is 0 Å². The third kappa shape index (κ3) is 2.66. The molecule has 0 aliphatic heterocycles. The molecule has 9 atom stereocenters. The van der Waals surface area contributed by atoms with Gasteiger partial charge in [0.05, 0.1) is 6.10 Å². The maximum atomic E-state index is 17.0. The second-order valence-corrected chi connectivity index (χ2v) is 10.7. The molecule has 1 unspecified atom stereocenters. The summed E-state index contributed by atoms with van der Waals surface area (Å²) >= 11 is 0. The van der Waals surface area contributed by atoms with Crippen molar-refractivity contribution in [3.05, 3.63) is 23.8 Å². The number of ketones is 2. The molecule has 170 valence electrons. The molecule has 0 heterocycles. The van der Waals surface area contributed by atoms with E-state index in [1.807, 2.05) is 0 Å². The van der Waals surface area contributed by atoms with Gasteiger partial charge in [0.2, 0.25) is 0 Å². The Morgan fingerprint density at radius 1 is 1.39 bits per heavy atom. The molecule has 0 radical (unpaired) electrons. The molecule has 0 spiro atoms. The molecule has 0 bridgehead atoms. The highest BCUT2D eigenvalue weighted by Gasteiger charge is 2.77. The minimum absolute atomic E-state index is 0.200. The molecule has 9 heteroatoms. The fraction of sp³-hybridized carbons (Fsp3) is 0.727. The van der Waals surface area contributed by atoms with Gasteiger partial charge in [0.1, 0.15) is 6.61 Å². The van der Waals surface area contributed by atoms with Crippen LogP contribution in [0.5, 0.6) is 0 Å². The Labute approximate surface area is 181 Å². The molecular formula is C22H28FO7P. The summed E-state index contributed by atoms with van der Waals surface area (Å²) in [5, 5.41) is 20.9. The largest absolute Gasteiger partial charge is 0.566 e. The fourth-order valence-electron chi connectivity index (χ4n) is 7.60. The lowest BCUT2D eigenvalue weighted by Crippen LogP contribution is -2.69. The summed E-state index contributed by atoms with van der Waals surface area (Å²) in [7, 11) is -3.43. The Morgan fingerprint density at radius 2 is 2.06 bits per heavy atom. The summed E-state index contributed by atoms with van der Waals surface area (Å²) in [6.45, 7) is 4.13. The molecule has 0 aromatic carbocycles. The molecule has 4 rings (SSSR count). The molecule has 0 aromatic heterocycles. The van der Waals surface area contributed by atoms with E-state index >= 15 is 4.39 Å². The number of rotatable bonds is 4. The van der Waals surface area contributed by atoms with E-state index in [2.05, 4.69) is 0 Å². The number of aliphatic hydroxyl groups is 2. The van der Waals surface area contributed by atoms with Gasteiger partial charge in [-0.25, -0.2) is 4.39 Å². The quantitative estimate of drug-likeness (QED) is 0.622. The number of alkyl halides is 1. The molecule has 3 saturated carbocycles. The Bertz CT molecular complexity index is 918. The van der Waals surface area contributed by atoms with Crippen molar-refractivity contribution in [3.8, 4) is 0 Å². The third-order valence-electron chi connectivity index (χ3n) is 8.96. The standard InChI is InChI=1S/C22H28FO7P/c1-12-8-16-15-5-4-13-9-14(25)6-7-19(13,2)21(15,23)17(26)10-20(16,3)22(12,18(27)11-24)30-31(28)29/h6-7,9,12,15-17,24,26H,4-5,8,10-11H2,1-3H3/t12-,15+,16+,17+,19+,20+,21+,22+/m1/s1. The van der Waals surface area contributed by atoms with E-state index in [9.17, 15) is 29.3 Å². The lowest BCUT2D eigenvalue weighted by molar-refractivity contribution is -0.233. The SMILES string of the molecule is C[C@@H]1C[C@H]2[C@@H]3CCC4=CC(=O)C=C[C@]4(C)[C@@]3(F)[C@@H](O)C[C@]2(C)[C@@]1(O[P+](=O)[O-])C(=O)CO. The molecule has 4 aliphatic carbocycles. The third-order valence-corrected chi connectivity index (χ3v) is 9.39. The highest BCUT2D eigenvalue weighted by Crippen LogP contribution is 2.72. The highest BCUT2D eigenvalue weighted by molar-refractivity contribution is 7.30. The molecule has 7 nitrogen and oxygen atoms in total. The average Bonchev–Trinajstić information content (AvgIpc) is 2.90. The summed E-state index contributed by atoms with van der Waals surface area (Å²) in [6, 6.07) is 0. The Balaban J connectivity index is 1.86. The number of carbonyl (C=O) groups excluding carboxylic acids is 2. The van der Waals surface area contributed by atoms with Crippen LogP contribution in [0, 0.1) is 28.6 Å². The molecule has 4 aliphatic rings. The number of aliphatic hydroxyl groups excluding tert-OH is 2. The minimum Gasteiger partial charge on any atom is -0.566 e. The molecular weight excluding hydrogens is 426 g/mol. The first-order valence-corrected chi connectivity index (χ1v) is 11.8. The van der Waals surface area contributed by atoms with E-state index in [0.717, 1.165) is 0 Å². The molecule has 0 aromatic rings. The first kappa shape index (κ1) is 22.9. The molecule has 3 fully saturated rings. The Kier molecular flexibility index (Phi) is 5.23. The maximum Gasteiger partial charge on any atom is 0.489 e. The molecule has 2 N–H and O–H groups in total. The van der Waals surface area contributed by atoms with Crippen molar-refractivity contribution in [2.24, 2.45) is 28.6 Å². The van der Waals surface area contributed by atoms with Crippen LogP contribution in [0.15, 0.2) is 23.8 Å². The number of allylic oxidation sites excluding steroid dienone is 4. The monoisotopic (exact) mass is 454 g/mol. The van der Waals surface area contributed by atoms with Gasteiger partial charge in [0.25, 0.3) is 0 Å². The first-order valence-electron chi connectivity index (χ1n) is 10.7. The van der Waals surface area contributed by atoms with Crippen LogP contribution in [0.25, 0.3) is 0 Å². The minimum atomic E-state index is -3.43. The first-order chi connectivity index (χ1) is 14.4. The molecule has 31 heavy (non-hydrogen) atoms. The molecule has 0 amide bonds. The van der Waals surface area contributed by atoms with Crippen LogP contribution in [-0.2, 0) is 18.7 Å². The summed E-state index contributed by atoms with van der Waals surface area (Å²) in [4.78, 5) is 36.5. The number of hydrogen-bond donors (Lipinski definition) is 2. The van der Waals surface area contributed by atoms with Gasteiger partial charge in [-0.15, -0.1) is 4.52 Å². The van der Waals surface area contributed by atoms with Gasteiger partial charge in [-0.1, -0.05) is 25.5 Å². The maximum absolute atomic E-state index is 17.0. The van der Waals surface area contributed by atoms with Crippen LogP contribution < -0.4 is 4.89 Å². The second-order valence-electron chi connectivity index (χ2n) is 10.0. The number of halogens is 1. The number of carbonyl (C=O) groups is 2. The number of hydrogen-bond acceptors (Lipinski definition) is 7. The zero-order valence-corrected chi connectivity index (χ0v) is 18.7. The highest BCUT2D eigenvalue weighted by atomic mass is 31.1.